The molecular formula is C13H9BrClFN2O. The third-order valence-corrected chi connectivity index (χ3v) is 3.22. The Kier molecular flexibility index (Phi) is 4.39. The topological polar surface area (TPSA) is 41.1 Å². The molecule has 19 heavy (non-hydrogen) atoms. The van der Waals surface area contributed by atoms with Gasteiger partial charge in [0, 0.05) is 15.2 Å². The van der Waals surface area contributed by atoms with Crippen molar-refractivity contribution in [1.82, 2.24) is 0 Å². The number of anilines is 2. The molecule has 0 heterocycles. The van der Waals surface area contributed by atoms with Crippen LogP contribution in [-0.4, -0.2) is 6.03 Å². The zero-order chi connectivity index (χ0) is 13.8. The second-order valence-electron chi connectivity index (χ2n) is 3.71. The molecule has 0 saturated carbocycles. The second kappa shape index (κ2) is 6.04. The van der Waals surface area contributed by atoms with Gasteiger partial charge in [-0.15, -0.1) is 0 Å². The van der Waals surface area contributed by atoms with Crippen LogP contribution in [0, 0.1) is 5.82 Å². The van der Waals surface area contributed by atoms with Crippen LogP contribution < -0.4 is 10.6 Å². The highest BCUT2D eigenvalue weighted by Crippen LogP contribution is 2.23. The number of carbonyl (C=O) groups excluding carboxylic acids is 1. The number of halogens is 3. The van der Waals surface area contributed by atoms with Gasteiger partial charge in [0.25, 0.3) is 0 Å². The number of rotatable bonds is 2. The molecular weight excluding hydrogens is 335 g/mol. The van der Waals surface area contributed by atoms with E-state index in [2.05, 4.69) is 26.6 Å². The molecule has 0 aliphatic carbocycles. The van der Waals surface area contributed by atoms with Gasteiger partial charge in [0.1, 0.15) is 5.82 Å². The lowest BCUT2D eigenvalue weighted by Crippen LogP contribution is -2.19. The Morgan fingerprint density at radius 2 is 1.79 bits per heavy atom. The van der Waals surface area contributed by atoms with E-state index < -0.39 is 11.8 Å². The number of nitrogens with one attached hydrogen (secondary N) is 2. The number of amides is 2. The monoisotopic (exact) mass is 342 g/mol. The zero-order valence-electron chi connectivity index (χ0n) is 9.58. The maximum absolute atomic E-state index is 13.1. The van der Waals surface area contributed by atoms with Gasteiger partial charge >= 0.3 is 6.03 Å². The molecule has 0 atom stereocenters. The van der Waals surface area contributed by atoms with Crippen LogP contribution in [-0.2, 0) is 0 Å². The van der Waals surface area contributed by atoms with Gasteiger partial charge in [-0.2, -0.15) is 0 Å². The van der Waals surface area contributed by atoms with Crippen molar-refractivity contribution in [2.24, 2.45) is 0 Å². The molecule has 0 fully saturated rings. The van der Waals surface area contributed by atoms with Gasteiger partial charge in [0.2, 0.25) is 0 Å². The van der Waals surface area contributed by atoms with Crippen molar-refractivity contribution in [1.29, 1.82) is 0 Å². The number of hydrogen-bond acceptors (Lipinski definition) is 1. The average Bonchev–Trinajstić information content (AvgIpc) is 2.37. The Balaban J connectivity index is 2.05. The Labute approximate surface area is 122 Å². The van der Waals surface area contributed by atoms with Gasteiger partial charge in [-0.25, -0.2) is 9.18 Å². The SMILES string of the molecule is O=C(Nc1ccc(Cl)cc1)Nc1cc(F)ccc1Br. The van der Waals surface area contributed by atoms with Crippen LogP contribution in [0.25, 0.3) is 0 Å². The third-order valence-electron chi connectivity index (χ3n) is 2.28. The Bertz CT molecular complexity index is 604. The molecule has 0 spiro atoms. The molecule has 6 heteroatoms. The van der Waals surface area contributed by atoms with Crippen LogP contribution in [0.1, 0.15) is 0 Å². The number of hydrogen-bond donors (Lipinski definition) is 2. The zero-order valence-corrected chi connectivity index (χ0v) is 11.9. The molecule has 0 aliphatic heterocycles. The van der Waals surface area contributed by atoms with Crippen LogP contribution in [0.4, 0.5) is 20.6 Å². The Hall–Kier alpha value is -1.59. The average molecular weight is 344 g/mol. The molecule has 0 aromatic heterocycles. The highest BCUT2D eigenvalue weighted by atomic mass is 79.9. The quantitative estimate of drug-likeness (QED) is 0.801. The van der Waals surface area contributed by atoms with Crippen molar-refractivity contribution >= 4 is 44.9 Å². The first kappa shape index (κ1) is 13.8. The van der Waals surface area contributed by atoms with Crippen LogP contribution in [0.3, 0.4) is 0 Å². The summed E-state index contributed by atoms with van der Waals surface area (Å²) in [6, 6.07) is 10.2. The van der Waals surface area contributed by atoms with Gasteiger partial charge in [-0.3, -0.25) is 0 Å². The van der Waals surface area contributed by atoms with Gasteiger partial charge in [0.15, 0.2) is 0 Å². The fraction of sp³-hybridized carbons (Fsp3) is 0. The summed E-state index contributed by atoms with van der Waals surface area (Å²) >= 11 is 8.97. The molecule has 2 aromatic rings. The highest BCUT2D eigenvalue weighted by Gasteiger charge is 2.06. The molecule has 0 aliphatic rings. The lowest BCUT2D eigenvalue weighted by Gasteiger charge is -2.09. The number of benzene rings is 2. The fourth-order valence-electron chi connectivity index (χ4n) is 1.41. The predicted octanol–water partition coefficient (Wildman–Crippen LogP) is 4.89. The van der Waals surface area contributed by atoms with Gasteiger partial charge < -0.3 is 10.6 Å². The van der Waals surface area contributed by atoms with E-state index in [1.54, 1.807) is 24.3 Å². The standard InChI is InChI=1S/C13H9BrClFN2O/c14-11-6-3-9(16)7-12(11)18-13(19)17-10-4-1-8(15)2-5-10/h1-7H,(H2,17,18,19). The molecule has 0 bridgehead atoms. The molecule has 2 rings (SSSR count). The van der Waals surface area contributed by atoms with Crippen molar-refractivity contribution in [2.75, 3.05) is 10.6 Å². The lowest BCUT2D eigenvalue weighted by atomic mass is 10.3. The van der Waals surface area contributed by atoms with Crippen LogP contribution in [0.2, 0.25) is 5.02 Å². The maximum atomic E-state index is 13.1. The molecule has 0 unspecified atom stereocenters. The van der Waals surface area contributed by atoms with E-state index in [0.717, 1.165) is 0 Å². The maximum Gasteiger partial charge on any atom is 0.323 e. The molecule has 2 aromatic carbocycles. The van der Waals surface area contributed by atoms with Crippen molar-refractivity contribution in [3.63, 3.8) is 0 Å². The lowest BCUT2D eigenvalue weighted by molar-refractivity contribution is 0.262. The molecule has 0 saturated heterocycles. The van der Waals surface area contributed by atoms with Crippen LogP contribution in [0.15, 0.2) is 46.9 Å². The van der Waals surface area contributed by atoms with E-state index in [1.165, 1.54) is 18.2 Å². The number of urea groups is 1. The molecule has 2 N–H and O–H groups in total. The fourth-order valence-corrected chi connectivity index (χ4v) is 1.88. The third kappa shape index (κ3) is 3.94. The number of carbonyl (C=O) groups is 1. The van der Waals surface area contributed by atoms with Gasteiger partial charge in [-0.1, -0.05) is 11.6 Å². The first-order chi connectivity index (χ1) is 9.04. The van der Waals surface area contributed by atoms with Gasteiger partial charge in [0.05, 0.1) is 5.69 Å². The predicted molar refractivity (Wildman–Crippen MR) is 78.2 cm³/mol. The van der Waals surface area contributed by atoms with E-state index >= 15 is 0 Å². The molecule has 0 radical (unpaired) electrons. The van der Waals surface area contributed by atoms with Crippen molar-refractivity contribution in [3.05, 3.63) is 57.8 Å². The largest absolute Gasteiger partial charge is 0.323 e. The van der Waals surface area contributed by atoms with E-state index in [0.29, 0.717) is 20.9 Å². The smallest absolute Gasteiger partial charge is 0.308 e. The van der Waals surface area contributed by atoms with Crippen LogP contribution >= 0.6 is 27.5 Å². The van der Waals surface area contributed by atoms with Crippen LogP contribution in [0.5, 0.6) is 0 Å². The Morgan fingerprint density at radius 1 is 1.11 bits per heavy atom. The summed E-state index contributed by atoms with van der Waals surface area (Å²) in [6.45, 7) is 0. The van der Waals surface area contributed by atoms with E-state index in [-0.39, 0.29) is 0 Å². The molecule has 3 nitrogen and oxygen atoms in total. The molecule has 2 amide bonds. The first-order valence-corrected chi connectivity index (χ1v) is 6.50. The highest BCUT2D eigenvalue weighted by molar-refractivity contribution is 9.10. The molecule has 98 valence electrons. The Morgan fingerprint density at radius 3 is 2.47 bits per heavy atom. The van der Waals surface area contributed by atoms with Crippen molar-refractivity contribution in [2.45, 2.75) is 0 Å². The van der Waals surface area contributed by atoms with Crippen molar-refractivity contribution in [3.8, 4) is 0 Å². The summed E-state index contributed by atoms with van der Waals surface area (Å²) < 4.78 is 13.7. The van der Waals surface area contributed by atoms with E-state index in [4.69, 9.17) is 11.6 Å². The normalized spacial score (nSPS) is 10.1. The summed E-state index contributed by atoms with van der Waals surface area (Å²) in [6.07, 6.45) is 0. The van der Waals surface area contributed by atoms with Crippen molar-refractivity contribution < 1.29 is 9.18 Å². The van der Waals surface area contributed by atoms with E-state index in [1.807, 2.05) is 0 Å². The minimum Gasteiger partial charge on any atom is -0.308 e. The van der Waals surface area contributed by atoms with Gasteiger partial charge in [-0.05, 0) is 58.4 Å². The summed E-state index contributed by atoms with van der Waals surface area (Å²) in [5.41, 5.74) is 0.945. The summed E-state index contributed by atoms with van der Waals surface area (Å²) in [4.78, 5) is 11.7. The summed E-state index contributed by atoms with van der Waals surface area (Å²) in [5, 5.41) is 5.74. The summed E-state index contributed by atoms with van der Waals surface area (Å²) in [5.74, 6) is -0.426. The second-order valence-corrected chi connectivity index (χ2v) is 5.00. The minimum absolute atomic E-state index is 0.353. The first-order valence-electron chi connectivity index (χ1n) is 5.33. The van der Waals surface area contributed by atoms with E-state index in [9.17, 15) is 9.18 Å². The summed E-state index contributed by atoms with van der Waals surface area (Å²) in [7, 11) is 0. The minimum atomic E-state index is -0.464.